The summed E-state index contributed by atoms with van der Waals surface area (Å²) in [4.78, 5) is 38.1. The summed E-state index contributed by atoms with van der Waals surface area (Å²) < 4.78 is 16.8. The monoisotopic (exact) mass is 901 g/mol. The number of hydrogen-bond acceptors (Lipinski definition) is 6. The number of carbonyl (C=O) groups excluding carboxylic acids is 3. The highest BCUT2D eigenvalue weighted by Crippen LogP contribution is 2.17. The molecule has 1 atom stereocenters. The molecule has 0 radical (unpaired) electrons. The van der Waals surface area contributed by atoms with Crippen molar-refractivity contribution >= 4 is 17.9 Å². The van der Waals surface area contributed by atoms with Crippen molar-refractivity contribution < 1.29 is 28.6 Å². The smallest absolute Gasteiger partial charge is 0.306 e. The van der Waals surface area contributed by atoms with Crippen molar-refractivity contribution in [3.63, 3.8) is 0 Å². The molecule has 0 aliphatic carbocycles. The predicted molar refractivity (Wildman–Crippen MR) is 275 cm³/mol. The van der Waals surface area contributed by atoms with Gasteiger partial charge in [0.2, 0.25) is 0 Å². The van der Waals surface area contributed by atoms with Crippen LogP contribution in [0.1, 0.15) is 310 Å². The lowest BCUT2D eigenvalue weighted by atomic mass is 10.0. The van der Waals surface area contributed by atoms with E-state index in [9.17, 15) is 14.4 Å². The van der Waals surface area contributed by atoms with Crippen molar-refractivity contribution in [1.82, 2.24) is 0 Å². The van der Waals surface area contributed by atoms with Gasteiger partial charge < -0.3 is 14.2 Å². The van der Waals surface area contributed by atoms with E-state index >= 15 is 0 Å². The van der Waals surface area contributed by atoms with Gasteiger partial charge in [-0.3, -0.25) is 14.4 Å². The minimum atomic E-state index is -0.770. The first-order valence-electron chi connectivity index (χ1n) is 28.3. The fourth-order valence-electron chi connectivity index (χ4n) is 8.42. The molecule has 64 heavy (non-hydrogen) atoms. The van der Waals surface area contributed by atoms with Crippen LogP contribution in [-0.2, 0) is 28.6 Å². The highest BCUT2D eigenvalue weighted by molar-refractivity contribution is 5.71. The fraction of sp³-hybridized carbons (Fsp3) is 0.879. The molecule has 6 heteroatoms. The average Bonchev–Trinajstić information content (AvgIpc) is 3.29. The molecular weight excluding hydrogens is 793 g/mol. The quantitative estimate of drug-likeness (QED) is 0.0262. The van der Waals surface area contributed by atoms with E-state index in [0.717, 1.165) is 70.6 Å². The molecule has 0 aromatic heterocycles. The molecule has 0 rings (SSSR count). The van der Waals surface area contributed by atoms with E-state index in [1.807, 2.05) is 0 Å². The lowest BCUT2D eigenvalue weighted by Crippen LogP contribution is -2.30. The first-order chi connectivity index (χ1) is 31.5. The van der Waals surface area contributed by atoms with Gasteiger partial charge in [0.25, 0.3) is 0 Å². The molecule has 0 amide bonds. The third-order valence-electron chi connectivity index (χ3n) is 12.7. The molecule has 0 heterocycles. The number of esters is 3. The molecule has 0 aliphatic heterocycles. The van der Waals surface area contributed by atoms with Gasteiger partial charge in [0.15, 0.2) is 6.10 Å². The lowest BCUT2D eigenvalue weighted by Gasteiger charge is -2.18. The Morgan fingerprint density at radius 1 is 0.312 bits per heavy atom. The number of hydrogen-bond donors (Lipinski definition) is 0. The van der Waals surface area contributed by atoms with Crippen LogP contribution in [0.4, 0.5) is 0 Å². The van der Waals surface area contributed by atoms with Crippen molar-refractivity contribution in [2.45, 2.75) is 316 Å². The Hall–Kier alpha value is -2.11. The summed E-state index contributed by atoms with van der Waals surface area (Å²) in [7, 11) is 0. The van der Waals surface area contributed by atoms with Gasteiger partial charge >= 0.3 is 17.9 Å². The summed E-state index contributed by atoms with van der Waals surface area (Å²) >= 11 is 0. The third kappa shape index (κ3) is 50.9. The first kappa shape index (κ1) is 61.9. The second-order valence-corrected chi connectivity index (χ2v) is 19.2. The van der Waals surface area contributed by atoms with Gasteiger partial charge in [-0.05, 0) is 51.4 Å². The Morgan fingerprint density at radius 2 is 0.562 bits per heavy atom. The number of ether oxygens (including phenoxy) is 3. The van der Waals surface area contributed by atoms with Crippen LogP contribution in [0.2, 0.25) is 0 Å². The SMILES string of the molecule is CCCCC/C=C\C/C=C\CCCCCCCCCC(=O)O[C@H](COC(=O)CCCCCCCCCCCCC)COC(=O)CCCCCCCCCCCCCCCCCCCC. The Bertz CT molecular complexity index is 1040. The van der Waals surface area contributed by atoms with Crippen LogP contribution in [0.3, 0.4) is 0 Å². The maximum atomic E-state index is 12.8. The van der Waals surface area contributed by atoms with E-state index in [0.29, 0.717) is 19.3 Å². The summed E-state index contributed by atoms with van der Waals surface area (Å²) in [5, 5.41) is 0. The van der Waals surface area contributed by atoms with E-state index in [4.69, 9.17) is 14.2 Å². The van der Waals surface area contributed by atoms with E-state index in [-0.39, 0.29) is 31.1 Å². The van der Waals surface area contributed by atoms with Gasteiger partial charge in [0.05, 0.1) is 0 Å². The minimum Gasteiger partial charge on any atom is -0.462 e. The second-order valence-electron chi connectivity index (χ2n) is 19.2. The number of unbranched alkanes of at least 4 members (excludes halogenated alkanes) is 37. The largest absolute Gasteiger partial charge is 0.462 e. The normalized spacial score (nSPS) is 12.1. The summed E-state index contributed by atoms with van der Waals surface area (Å²) in [5.74, 6) is -0.858. The van der Waals surface area contributed by atoms with Gasteiger partial charge in [0.1, 0.15) is 13.2 Å². The molecule has 0 aromatic rings. The molecule has 0 bridgehead atoms. The molecule has 0 saturated heterocycles. The molecule has 376 valence electrons. The second kappa shape index (κ2) is 53.5. The minimum absolute atomic E-state index is 0.0692. The summed E-state index contributed by atoms with van der Waals surface area (Å²) in [5.41, 5.74) is 0. The summed E-state index contributed by atoms with van der Waals surface area (Å²) in [6.45, 7) is 6.65. The van der Waals surface area contributed by atoms with Crippen molar-refractivity contribution in [1.29, 1.82) is 0 Å². The van der Waals surface area contributed by atoms with E-state index in [1.165, 1.54) is 199 Å². The van der Waals surface area contributed by atoms with Gasteiger partial charge in [-0.15, -0.1) is 0 Å². The molecule has 6 nitrogen and oxygen atoms in total. The molecule has 0 unspecified atom stereocenters. The topological polar surface area (TPSA) is 78.9 Å². The predicted octanol–water partition coefficient (Wildman–Crippen LogP) is 18.7. The molecule has 0 spiro atoms. The Kier molecular flexibility index (Phi) is 51.7. The molecule has 0 N–H and O–H groups in total. The number of allylic oxidation sites excluding steroid dienone is 4. The van der Waals surface area contributed by atoms with Crippen molar-refractivity contribution in [3.05, 3.63) is 24.3 Å². The Labute approximate surface area is 398 Å². The van der Waals surface area contributed by atoms with Crippen LogP contribution in [-0.4, -0.2) is 37.2 Å². The molecule has 0 saturated carbocycles. The summed E-state index contributed by atoms with van der Waals surface area (Å²) in [6.07, 6.45) is 61.6. The van der Waals surface area contributed by atoms with Crippen LogP contribution < -0.4 is 0 Å². The molecule has 0 aromatic carbocycles. The van der Waals surface area contributed by atoms with E-state index in [1.54, 1.807) is 0 Å². The van der Waals surface area contributed by atoms with Crippen LogP contribution in [0.15, 0.2) is 24.3 Å². The van der Waals surface area contributed by atoms with Crippen molar-refractivity contribution in [2.24, 2.45) is 0 Å². The lowest BCUT2D eigenvalue weighted by molar-refractivity contribution is -0.167. The maximum absolute atomic E-state index is 12.8. The van der Waals surface area contributed by atoms with Crippen LogP contribution in [0.5, 0.6) is 0 Å². The number of carbonyl (C=O) groups is 3. The van der Waals surface area contributed by atoms with Gasteiger partial charge in [-0.2, -0.15) is 0 Å². The molecule has 0 aliphatic rings. The van der Waals surface area contributed by atoms with Crippen molar-refractivity contribution in [2.75, 3.05) is 13.2 Å². The first-order valence-corrected chi connectivity index (χ1v) is 28.3. The van der Waals surface area contributed by atoms with Crippen LogP contribution >= 0.6 is 0 Å². The van der Waals surface area contributed by atoms with Gasteiger partial charge in [-0.25, -0.2) is 0 Å². The van der Waals surface area contributed by atoms with Gasteiger partial charge in [-0.1, -0.05) is 263 Å². The van der Waals surface area contributed by atoms with E-state index < -0.39 is 6.10 Å². The standard InChI is InChI=1S/C58H108O6/c1-4-7-10-13-16-19-22-24-26-28-30-31-33-36-39-42-45-48-51-57(60)63-54-55(53-62-56(59)50-47-44-41-38-35-21-18-15-12-9-6-3)64-58(61)52-49-46-43-40-37-34-32-29-27-25-23-20-17-14-11-8-5-2/h17,20,25,27,55H,4-16,18-19,21-24,26,28-54H2,1-3H3/b20-17-,27-25-/t55-/m1/s1. The zero-order valence-corrected chi connectivity index (χ0v) is 43.1. The fourth-order valence-corrected chi connectivity index (χ4v) is 8.42. The molecule has 0 fully saturated rings. The third-order valence-corrected chi connectivity index (χ3v) is 12.7. The van der Waals surface area contributed by atoms with Crippen LogP contribution in [0.25, 0.3) is 0 Å². The zero-order chi connectivity index (χ0) is 46.5. The zero-order valence-electron chi connectivity index (χ0n) is 43.1. The maximum Gasteiger partial charge on any atom is 0.306 e. The highest BCUT2D eigenvalue weighted by atomic mass is 16.6. The summed E-state index contributed by atoms with van der Waals surface area (Å²) in [6, 6.07) is 0. The highest BCUT2D eigenvalue weighted by Gasteiger charge is 2.19. The number of rotatable bonds is 52. The van der Waals surface area contributed by atoms with Gasteiger partial charge in [0, 0.05) is 19.3 Å². The van der Waals surface area contributed by atoms with E-state index in [2.05, 4.69) is 45.1 Å². The van der Waals surface area contributed by atoms with Crippen molar-refractivity contribution in [3.8, 4) is 0 Å². The average molecular weight is 901 g/mol. The Balaban J connectivity index is 4.30. The molecular formula is C58H108O6. The Morgan fingerprint density at radius 3 is 0.891 bits per heavy atom. The van der Waals surface area contributed by atoms with Crippen LogP contribution in [0, 0.1) is 0 Å².